The summed E-state index contributed by atoms with van der Waals surface area (Å²) < 4.78 is 18.7. The lowest BCUT2D eigenvalue weighted by molar-refractivity contribution is -0.578. The van der Waals surface area contributed by atoms with Crippen LogP contribution in [0.3, 0.4) is 0 Å². The number of methoxy groups -OCH3 is 3. The Bertz CT molecular complexity index is 1200. The van der Waals surface area contributed by atoms with Crippen molar-refractivity contribution in [2.75, 3.05) is 28.0 Å². The Morgan fingerprint density at radius 3 is 2.54 bits per heavy atom. The molecule has 0 radical (unpaired) electrons. The molecule has 1 aromatic carbocycles. The Labute approximate surface area is 160 Å². The molecule has 0 N–H and O–H groups in total. The zero-order valence-corrected chi connectivity index (χ0v) is 15.8. The van der Waals surface area contributed by atoms with Crippen molar-refractivity contribution in [3.05, 3.63) is 63.6 Å². The maximum absolute atomic E-state index is 13.1. The molecule has 0 saturated carbocycles. The normalized spacial score (nSPS) is 12.7. The van der Waals surface area contributed by atoms with Gasteiger partial charge in [-0.15, -0.1) is 4.99 Å². The van der Waals surface area contributed by atoms with Gasteiger partial charge in [-0.25, -0.2) is 14.3 Å². The molecule has 0 saturated heterocycles. The summed E-state index contributed by atoms with van der Waals surface area (Å²) in [5.74, 6) is 0.751. The number of aromatic nitrogens is 3. The first-order chi connectivity index (χ1) is 13.7. The third-order valence-corrected chi connectivity index (χ3v) is 4.60. The number of benzene rings is 1. The summed E-state index contributed by atoms with van der Waals surface area (Å²) in [5, 5.41) is 4.93. The minimum absolute atomic E-state index is 0.220. The van der Waals surface area contributed by atoms with Gasteiger partial charge in [0.15, 0.2) is 0 Å². The second kappa shape index (κ2) is 7.45. The first-order valence-corrected chi connectivity index (χ1v) is 8.69. The lowest BCUT2D eigenvalue weighted by atomic mass is 10.2. The van der Waals surface area contributed by atoms with E-state index >= 15 is 0 Å². The molecule has 3 heterocycles. The third kappa shape index (κ3) is 3.04. The van der Waals surface area contributed by atoms with Crippen molar-refractivity contribution >= 4 is 11.0 Å². The molecule has 0 fully saturated rings. The summed E-state index contributed by atoms with van der Waals surface area (Å²) in [6, 6.07) is 11.2. The summed E-state index contributed by atoms with van der Waals surface area (Å²) >= 11 is 0. The molecule has 0 aliphatic carbocycles. The predicted octanol–water partition coefficient (Wildman–Crippen LogP) is 0.655. The molecule has 3 aromatic rings. The van der Waals surface area contributed by atoms with E-state index in [0.717, 1.165) is 16.7 Å². The second-order valence-electron chi connectivity index (χ2n) is 6.20. The molecule has 28 heavy (non-hydrogen) atoms. The Morgan fingerprint density at radius 1 is 1.11 bits per heavy atom. The summed E-state index contributed by atoms with van der Waals surface area (Å²) in [6.45, 7) is 0.549. The van der Waals surface area contributed by atoms with Gasteiger partial charge >= 0.3 is 5.69 Å². The van der Waals surface area contributed by atoms with Crippen LogP contribution in [0.15, 0.2) is 51.3 Å². The zero-order valence-electron chi connectivity index (χ0n) is 15.8. The van der Waals surface area contributed by atoms with Gasteiger partial charge in [-0.2, -0.15) is 0 Å². The van der Waals surface area contributed by atoms with Crippen LogP contribution >= 0.6 is 0 Å². The van der Waals surface area contributed by atoms with Gasteiger partial charge in [0.1, 0.15) is 16.8 Å². The molecule has 1 aliphatic rings. The molecule has 0 atom stereocenters. The van der Waals surface area contributed by atoms with Gasteiger partial charge < -0.3 is 14.2 Å². The van der Waals surface area contributed by atoms with E-state index < -0.39 is 6.29 Å². The topological polar surface area (TPSA) is 93.2 Å². The van der Waals surface area contributed by atoms with E-state index in [1.165, 1.54) is 18.6 Å². The second-order valence-corrected chi connectivity index (χ2v) is 6.20. The van der Waals surface area contributed by atoms with Crippen molar-refractivity contribution in [1.29, 1.82) is 0 Å². The van der Waals surface area contributed by atoms with Crippen LogP contribution < -0.4 is 20.3 Å². The highest BCUT2D eigenvalue weighted by molar-refractivity contribution is 5.73. The maximum atomic E-state index is 13.1. The van der Waals surface area contributed by atoms with Gasteiger partial charge in [0.2, 0.25) is 18.6 Å². The number of ether oxygens (including phenoxy) is 3. The monoisotopic (exact) mass is 382 g/mol. The lowest BCUT2D eigenvalue weighted by Gasteiger charge is -2.13. The van der Waals surface area contributed by atoms with Crippen LogP contribution in [0.25, 0.3) is 11.0 Å². The van der Waals surface area contributed by atoms with E-state index in [-0.39, 0.29) is 12.4 Å². The van der Waals surface area contributed by atoms with Crippen LogP contribution in [-0.4, -0.2) is 37.5 Å². The molecule has 0 bridgehead atoms. The Kier molecular flexibility index (Phi) is 4.84. The quantitative estimate of drug-likeness (QED) is 0.461. The van der Waals surface area contributed by atoms with Crippen molar-refractivity contribution in [2.24, 2.45) is 10.1 Å². The smallest absolute Gasteiger partial charge is 0.469 e. The van der Waals surface area contributed by atoms with E-state index in [2.05, 4.69) is 15.1 Å². The van der Waals surface area contributed by atoms with E-state index in [1.807, 2.05) is 30.3 Å². The van der Waals surface area contributed by atoms with Gasteiger partial charge in [0, 0.05) is 14.2 Å². The lowest BCUT2D eigenvalue weighted by Crippen LogP contribution is -2.54. The van der Waals surface area contributed by atoms with Crippen LogP contribution in [0, 0.1) is 0 Å². The molecule has 0 spiro atoms. The first kappa shape index (κ1) is 18.2. The highest BCUT2D eigenvalue weighted by atomic mass is 16.7. The van der Waals surface area contributed by atoms with Crippen LogP contribution in [0.4, 0.5) is 0 Å². The number of hydrogen-bond acceptors (Lipinski definition) is 7. The molecule has 9 heteroatoms. The van der Waals surface area contributed by atoms with Crippen LogP contribution in [0.2, 0.25) is 0 Å². The van der Waals surface area contributed by atoms with Gasteiger partial charge in [-0.3, -0.25) is 0 Å². The minimum atomic E-state index is -0.628. The number of pyridine rings is 1. The number of fused-ring (bicyclic) bond motifs is 3. The fourth-order valence-corrected chi connectivity index (χ4v) is 3.22. The van der Waals surface area contributed by atoms with Crippen molar-refractivity contribution in [2.45, 2.75) is 12.8 Å². The van der Waals surface area contributed by atoms with Crippen molar-refractivity contribution in [3.63, 3.8) is 0 Å². The van der Waals surface area contributed by atoms with Crippen LogP contribution in [-0.2, 0) is 16.0 Å². The SMILES string of the molecule is COc1ccc(Cn2c(=O)[n+]3c(c4ccc(C(OC)OC)nc42)=NCN=3)cc1. The number of nitrogens with zero attached hydrogens (tertiary/aromatic N) is 5. The largest absolute Gasteiger partial charge is 0.497 e. The molecule has 0 amide bonds. The van der Waals surface area contributed by atoms with Gasteiger partial charge in [-0.05, 0) is 29.8 Å². The van der Waals surface area contributed by atoms with E-state index in [4.69, 9.17) is 14.2 Å². The maximum Gasteiger partial charge on any atom is 0.469 e. The highest BCUT2D eigenvalue weighted by Crippen LogP contribution is 2.18. The fraction of sp³-hybridized carbons (Fsp3) is 0.316. The third-order valence-electron chi connectivity index (χ3n) is 4.60. The molecule has 9 nitrogen and oxygen atoms in total. The Balaban J connectivity index is 1.93. The van der Waals surface area contributed by atoms with E-state index in [9.17, 15) is 4.79 Å². The minimum Gasteiger partial charge on any atom is -0.497 e. The molecular weight excluding hydrogens is 362 g/mol. The van der Waals surface area contributed by atoms with Gasteiger partial charge in [0.05, 0.1) is 13.7 Å². The molecule has 2 aromatic heterocycles. The van der Waals surface area contributed by atoms with Crippen LogP contribution in [0.1, 0.15) is 17.5 Å². The molecule has 1 aliphatic heterocycles. The Morgan fingerprint density at radius 2 is 1.86 bits per heavy atom. The number of hydrogen-bond donors (Lipinski definition) is 0. The van der Waals surface area contributed by atoms with Crippen LogP contribution in [0.5, 0.6) is 5.75 Å². The summed E-state index contributed by atoms with van der Waals surface area (Å²) in [6.07, 6.45) is -0.628. The number of rotatable bonds is 6. The van der Waals surface area contributed by atoms with Gasteiger partial charge in [0.25, 0.3) is 5.49 Å². The summed E-state index contributed by atoms with van der Waals surface area (Å²) in [4.78, 5) is 22.1. The molecule has 144 valence electrons. The predicted molar refractivity (Wildman–Crippen MR) is 98.9 cm³/mol. The summed E-state index contributed by atoms with van der Waals surface area (Å²) in [7, 11) is 4.69. The average Bonchev–Trinajstić information content (AvgIpc) is 3.23. The molecular formula is C19H20N5O4+. The molecule has 4 rings (SSSR count). The van der Waals surface area contributed by atoms with Gasteiger partial charge in [-0.1, -0.05) is 21.6 Å². The molecule has 0 unspecified atom stereocenters. The fourth-order valence-electron chi connectivity index (χ4n) is 3.22. The first-order valence-electron chi connectivity index (χ1n) is 8.69. The zero-order chi connectivity index (χ0) is 19.7. The summed E-state index contributed by atoms with van der Waals surface area (Å²) in [5.41, 5.74) is 2.22. The highest BCUT2D eigenvalue weighted by Gasteiger charge is 2.22. The van der Waals surface area contributed by atoms with Crippen molar-refractivity contribution in [3.8, 4) is 5.75 Å². The Hall–Kier alpha value is -3.17. The van der Waals surface area contributed by atoms with Crippen molar-refractivity contribution in [1.82, 2.24) is 9.55 Å². The van der Waals surface area contributed by atoms with Crippen molar-refractivity contribution < 1.29 is 18.6 Å². The standard InChI is InChI=1S/C19H20N5O4/c1-26-13-6-4-12(5-7-13)10-23-17-14(16-20-11-21-24(16)19(23)25)8-9-15(22-17)18(27-2)28-3/h4-9,18H,10-11H2,1-3H3/q+1. The average molecular weight is 382 g/mol. The van der Waals surface area contributed by atoms with E-state index in [0.29, 0.717) is 23.4 Å². The van der Waals surface area contributed by atoms with E-state index in [1.54, 1.807) is 17.7 Å².